The minimum absolute atomic E-state index is 0.127. The van der Waals surface area contributed by atoms with Crippen molar-refractivity contribution in [3.63, 3.8) is 0 Å². The molecule has 0 saturated heterocycles. The van der Waals surface area contributed by atoms with Crippen molar-refractivity contribution in [3.05, 3.63) is 72.4 Å². The Hall–Kier alpha value is -2.22. The van der Waals surface area contributed by atoms with Crippen LogP contribution in [0.4, 0.5) is 0 Å². The molecule has 0 amide bonds. The summed E-state index contributed by atoms with van der Waals surface area (Å²) in [4.78, 5) is 23.1. The van der Waals surface area contributed by atoms with Gasteiger partial charge in [0.05, 0.1) is 0 Å². The summed E-state index contributed by atoms with van der Waals surface area (Å²) < 4.78 is 0. The number of ketones is 2. The molecule has 0 aliphatic heterocycles. The second-order valence-corrected chi connectivity index (χ2v) is 3.82. The maximum absolute atomic E-state index is 11.8. The molecule has 0 bridgehead atoms. The molecule has 1 atom stereocenters. The van der Waals surface area contributed by atoms with Crippen LogP contribution >= 0.6 is 0 Å². The van der Waals surface area contributed by atoms with Crippen molar-refractivity contribution >= 4 is 11.6 Å². The van der Waals surface area contributed by atoms with Gasteiger partial charge in [0.1, 0.15) is 0 Å². The highest BCUT2D eigenvalue weighted by molar-refractivity contribution is 6.18. The van der Waals surface area contributed by atoms with E-state index in [-0.39, 0.29) is 17.5 Å². The fourth-order valence-corrected chi connectivity index (χ4v) is 1.87. The monoisotopic (exact) mass is 224 g/mol. The fourth-order valence-electron chi connectivity index (χ4n) is 1.87. The summed E-state index contributed by atoms with van der Waals surface area (Å²) in [5.74, 6) is -0.502. The first kappa shape index (κ1) is 11.3. The molecule has 0 heterocycles. The molecular formula is C15H12O2. The van der Waals surface area contributed by atoms with Crippen molar-refractivity contribution in [1.82, 2.24) is 0 Å². The predicted octanol–water partition coefficient (Wildman–Crippen LogP) is 2.59. The van der Waals surface area contributed by atoms with E-state index in [1.807, 2.05) is 30.3 Å². The van der Waals surface area contributed by atoms with Crippen molar-refractivity contribution in [3.8, 4) is 0 Å². The zero-order valence-electron chi connectivity index (χ0n) is 9.30. The van der Waals surface area contributed by atoms with Crippen LogP contribution in [0.5, 0.6) is 0 Å². The van der Waals surface area contributed by atoms with E-state index in [0.717, 1.165) is 5.56 Å². The number of hydrogen-bond donors (Lipinski definition) is 0. The Morgan fingerprint density at radius 2 is 1.76 bits per heavy atom. The molecule has 0 unspecified atom stereocenters. The molecule has 0 fully saturated rings. The molecule has 2 nitrogen and oxygen atoms in total. The van der Waals surface area contributed by atoms with Gasteiger partial charge in [-0.25, -0.2) is 0 Å². The lowest BCUT2D eigenvalue weighted by Crippen LogP contribution is -2.13. The summed E-state index contributed by atoms with van der Waals surface area (Å²) in [6, 6.07) is 9.55. The molecule has 84 valence electrons. The molecule has 2 heteroatoms. The lowest BCUT2D eigenvalue weighted by atomic mass is 9.86. The first-order valence-corrected chi connectivity index (χ1v) is 5.38. The van der Waals surface area contributed by atoms with Gasteiger partial charge in [-0.15, -0.1) is 6.58 Å². The molecular weight excluding hydrogens is 212 g/mol. The van der Waals surface area contributed by atoms with Crippen LogP contribution in [-0.4, -0.2) is 11.6 Å². The first-order chi connectivity index (χ1) is 8.22. The van der Waals surface area contributed by atoms with Crippen LogP contribution in [0, 0.1) is 0 Å². The fraction of sp³-hybridized carbons (Fsp3) is 0.0667. The second kappa shape index (κ2) is 4.74. The van der Waals surface area contributed by atoms with Crippen LogP contribution in [-0.2, 0) is 9.59 Å². The van der Waals surface area contributed by atoms with Crippen LogP contribution in [0.15, 0.2) is 66.8 Å². The molecule has 2 rings (SSSR count). The van der Waals surface area contributed by atoms with E-state index in [9.17, 15) is 9.59 Å². The molecule has 0 radical (unpaired) electrons. The largest absolute Gasteiger partial charge is 0.290 e. The van der Waals surface area contributed by atoms with Gasteiger partial charge in [-0.05, 0) is 23.8 Å². The SMILES string of the molecule is C=C[C@H](C1=CC(=O)C=CC1=O)c1ccccc1. The van der Waals surface area contributed by atoms with E-state index in [0.29, 0.717) is 5.57 Å². The number of benzene rings is 1. The van der Waals surface area contributed by atoms with Crippen molar-refractivity contribution in [1.29, 1.82) is 0 Å². The van der Waals surface area contributed by atoms with Gasteiger partial charge in [0, 0.05) is 11.5 Å². The first-order valence-electron chi connectivity index (χ1n) is 5.38. The van der Waals surface area contributed by atoms with Gasteiger partial charge < -0.3 is 0 Å². The molecule has 1 aromatic carbocycles. The predicted molar refractivity (Wildman–Crippen MR) is 66.6 cm³/mol. The molecule has 0 saturated carbocycles. The Bertz CT molecular complexity index is 521. The summed E-state index contributed by atoms with van der Waals surface area (Å²) in [6.07, 6.45) is 5.68. The summed E-state index contributed by atoms with van der Waals surface area (Å²) in [5.41, 5.74) is 1.45. The lowest BCUT2D eigenvalue weighted by Gasteiger charge is -2.16. The number of allylic oxidation sites excluding steroid dienone is 5. The standard InChI is InChI=1S/C15H12O2/c1-2-13(11-6-4-3-5-7-11)14-10-12(16)8-9-15(14)17/h2-10,13H,1H2/t13-/m0/s1. The van der Waals surface area contributed by atoms with Gasteiger partial charge in [-0.3, -0.25) is 9.59 Å². The maximum atomic E-state index is 11.8. The highest BCUT2D eigenvalue weighted by Gasteiger charge is 2.21. The summed E-state index contributed by atoms with van der Waals surface area (Å²) in [7, 11) is 0. The van der Waals surface area contributed by atoms with E-state index in [1.165, 1.54) is 18.2 Å². The van der Waals surface area contributed by atoms with E-state index < -0.39 is 0 Å². The van der Waals surface area contributed by atoms with Gasteiger partial charge in [-0.1, -0.05) is 36.4 Å². The summed E-state index contributed by atoms with van der Waals surface area (Å²) in [5, 5.41) is 0. The van der Waals surface area contributed by atoms with Crippen molar-refractivity contribution in [2.75, 3.05) is 0 Å². The normalized spacial score (nSPS) is 16.6. The van der Waals surface area contributed by atoms with Crippen LogP contribution in [0.1, 0.15) is 11.5 Å². The van der Waals surface area contributed by atoms with E-state index in [4.69, 9.17) is 0 Å². The lowest BCUT2D eigenvalue weighted by molar-refractivity contribution is -0.114. The van der Waals surface area contributed by atoms with E-state index >= 15 is 0 Å². The Morgan fingerprint density at radius 3 is 2.41 bits per heavy atom. The van der Waals surface area contributed by atoms with Gasteiger partial charge >= 0.3 is 0 Å². The molecule has 1 aliphatic carbocycles. The minimum atomic E-state index is -0.224. The average Bonchev–Trinajstić information content (AvgIpc) is 2.36. The molecule has 0 aromatic heterocycles. The van der Waals surface area contributed by atoms with E-state index in [2.05, 4.69) is 6.58 Å². The molecule has 0 spiro atoms. The van der Waals surface area contributed by atoms with Crippen LogP contribution in [0.2, 0.25) is 0 Å². The van der Waals surface area contributed by atoms with E-state index in [1.54, 1.807) is 6.08 Å². The Labute approximate surface area is 100.0 Å². The van der Waals surface area contributed by atoms with Crippen LogP contribution in [0.25, 0.3) is 0 Å². The minimum Gasteiger partial charge on any atom is -0.290 e. The van der Waals surface area contributed by atoms with Gasteiger partial charge in [-0.2, -0.15) is 0 Å². The molecule has 0 N–H and O–H groups in total. The van der Waals surface area contributed by atoms with Gasteiger partial charge in [0.2, 0.25) is 0 Å². The van der Waals surface area contributed by atoms with Gasteiger partial charge in [0.25, 0.3) is 0 Å². The van der Waals surface area contributed by atoms with Crippen LogP contribution in [0.3, 0.4) is 0 Å². The molecule has 1 aliphatic rings. The average molecular weight is 224 g/mol. The smallest absolute Gasteiger partial charge is 0.183 e. The number of hydrogen-bond acceptors (Lipinski definition) is 2. The third-order valence-electron chi connectivity index (χ3n) is 2.71. The Balaban J connectivity index is 2.41. The Kier molecular flexibility index (Phi) is 3.15. The third kappa shape index (κ3) is 2.31. The Morgan fingerprint density at radius 1 is 1.06 bits per heavy atom. The number of rotatable bonds is 3. The van der Waals surface area contributed by atoms with Crippen molar-refractivity contribution in [2.45, 2.75) is 5.92 Å². The summed E-state index contributed by atoms with van der Waals surface area (Å²) in [6.45, 7) is 3.74. The number of carbonyl (C=O) groups is 2. The number of carbonyl (C=O) groups excluding carboxylic acids is 2. The third-order valence-corrected chi connectivity index (χ3v) is 2.71. The topological polar surface area (TPSA) is 34.1 Å². The molecule has 17 heavy (non-hydrogen) atoms. The second-order valence-electron chi connectivity index (χ2n) is 3.82. The van der Waals surface area contributed by atoms with Crippen molar-refractivity contribution < 1.29 is 9.59 Å². The zero-order chi connectivity index (χ0) is 12.3. The quantitative estimate of drug-likeness (QED) is 0.584. The zero-order valence-corrected chi connectivity index (χ0v) is 9.30. The van der Waals surface area contributed by atoms with Crippen molar-refractivity contribution in [2.24, 2.45) is 0 Å². The highest BCUT2D eigenvalue weighted by Crippen LogP contribution is 2.27. The summed E-state index contributed by atoms with van der Waals surface area (Å²) >= 11 is 0. The highest BCUT2D eigenvalue weighted by atomic mass is 16.1. The van der Waals surface area contributed by atoms with Crippen LogP contribution < -0.4 is 0 Å². The maximum Gasteiger partial charge on any atom is 0.183 e. The molecule has 1 aromatic rings. The van der Waals surface area contributed by atoms with Gasteiger partial charge in [0.15, 0.2) is 11.6 Å².